The highest BCUT2D eigenvalue weighted by atomic mass is 35.5. The van der Waals surface area contributed by atoms with Crippen LogP contribution in [-0.2, 0) is 63.8 Å². The number of likely N-dealkylation sites (N-methyl/N-ethyl adjacent to an activating group) is 1. The zero-order valence-corrected chi connectivity index (χ0v) is 67.9. The lowest BCUT2D eigenvalue weighted by molar-refractivity contribution is -0.335. The number of alkyl halides is 3. The summed E-state index contributed by atoms with van der Waals surface area (Å²) in [6.45, 7) is 6.31. The molecule has 123 heavy (non-hydrogen) atoms. The van der Waals surface area contributed by atoms with Gasteiger partial charge in [0.1, 0.15) is 120 Å². The van der Waals surface area contributed by atoms with E-state index in [1.807, 2.05) is 13.8 Å². The number of halogens is 5. The minimum Gasteiger partial charge on any atom is -0.508 e. The van der Waals surface area contributed by atoms with Crippen molar-refractivity contribution in [2.75, 3.05) is 20.2 Å². The van der Waals surface area contributed by atoms with Crippen LogP contribution < -0.4 is 67.6 Å². The molecule has 11 bridgehead atoms. The third-order valence-electron chi connectivity index (χ3n) is 22.0. The summed E-state index contributed by atoms with van der Waals surface area (Å²) in [5, 5.41) is 147. The maximum atomic E-state index is 16.5. The Labute approximate surface area is 708 Å². The molecule has 7 amide bonds. The molecule has 3 fully saturated rings. The number of Topliss-reactive ketones (excluding diaryl/α,β-unsaturated/α-hetero) is 1. The van der Waals surface area contributed by atoms with Gasteiger partial charge in [0.05, 0.1) is 41.0 Å². The summed E-state index contributed by atoms with van der Waals surface area (Å²) in [7, 11) is 1.47. The van der Waals surface area contributed by atoms with Crippen molar-refractivity contribution in [3.8, 4) is 62.9 Å². The third kappa shape index (κ3) is 20.4. The molecule has 6 aromatic carbocycles. The molecule has 0 radical (unpaired) electrons. The van der Waals surface area contributed by atoms with E-state index in [1.165, 1.54) is 63.4 Å². The van der Waals surface area contributed by atoms with Crippen molar-refractivity contribution in [3.63, 3.8) is 0 Å². The number of carbonyl (C=O) groups is 8. The molecule has 0 aliphatic carbocycles. The molecule has 22 N–H and O–H groups in total. The second-order valence-electron chi connectivity index (χ2n) is 31.5. The fourth-order valence-electron chi connectivity index (χ4n) is 15.7. The van der Waals surface area contributed by atoms with Gasteiger partial charge in [-0.05, 0) is 153 Å². The van der Waals surface area contributed by atoms with Crippen molar-refractivity contribution >= 4 is 70.3 Å². The predicted molar refractivity (Wildman–Crippen MR) is 421 cm³/mol. The van der Waals surface area contributed by atoms with E-state index in [0.29, 0.717) is 5.56 Å². The number of aromatic hydroxyl groups is 3. The van der Waals surface area contributed by atoms with Crippen LogP contribution in [0.15, 0.2) is 103 Å². The van der Waals surface area contributed by atoms with Crippen molar-refractivity contribution in [2.45, 2.75) is 207 Å². The summed E-state index contributed by atoms with van der Waals surface area (Å²) in [5.41, 5.74) is 8.75. The average molecular weight is 1770 g/mol. The zero-order chi connectivity index (χ0) is 89.4. The molecule has 8 heterocycles. The normalized spacial score (nSPS) is 29.7. The minimum atomic E-state index is -4.96. The van der Waals surface area contributed by atoms with Crippen LogP contribution in [0.1, 0.15) is 124 Å². The molecule has 42 heteroatoms. The Kier molecular flexibility index (Phi) is 28.1. The number of aliphatic hydroxyl groups excluding tert-OH is 7. The number of hydroxylamine groups is 2. The molecule has 664 valence electrons. The van der Waals surface area contributed by atoms with Crippen molar-refractivity contribution in [2.24, 2.45) is 17.4 Å². The van der Waals surface area contributed by atoms with Gasteiger partial charge in [-0.1, -0.05) is 67.4 Å². The Morgan fingerprint density at radius 2 is 1.33 bits per heavy atom. The van der Waals surface area contributed by atoms with Gasteiger partial charge in [-0.3, -0.25) is 43.6 Å². The first-order chi connectivity index (χ1) is 58.0. The standard InChI is InChI=1S/C81H93Cl2F3N10O27/c1-31(2)19-46(89-6)73(110)95-62-64(102)37-11-17-50(44(83)22-37)119-52-24-38-23-51(70(52)122-78-68(106)66(104)55(30-116-78)121-79-69(107)67(105)65(103)54(120-79)29-90-28-34-7-12-40(13-8-34)123-81(84,85)86)118-49-16-10-35(21-43(49)82)57(53-27-80(5,88)71(108)33(4)117-53)61-77(114)96(115)63(32(3)97)42-25-39(98)26-48(100)58(42)41-20-36(9-15-47(41)99)59(74(111)94-61)93-75(112)60(38)92-72(109)45(91-76(62)113)14-18-56(87)101/h7-13,15-17,20-26,31,33,45-46,53-55,57,59-69,71,78-79,89-90,98-100,102-108,115H,14,18-19,27-30,88H2,1-6H3,(H2,87,101)(H,91,113)(H,92,109)(H,93,112)(H,94,111)(H,95,110)/t33-,45-,46+,53+,54?,55+,57?,59+,60+,61-,62+,63-,64+,65-,66-,67-,68+,69+,71-,78-,79-,80-/m0/s1. The molecule has 3 saturated heterocycles. The van der Waals surface area contributed by atoms with Gasteiger partial charge in [0.2, 0.25) is 47.5 Å². The Morgan fingerprint density at radius 3 is 1.95 bits per heavy atom. The monoisotopic (exact) mass is 1760 g/mol. The number of nitrogens with zero attached hydrogens (tertiary/aromatic N) is 1. The van der Waals surface area contributed by atoms with Crippen molar-refractivity contribution in [3.05, 3.63) is 147 Å². The molecule has 22 atom stereocenters. The number of rotatable bonds is 19. The number of primary amides is 1. The number of amides is 7. The van der Waals surface area contributed by atoms with Gasteiger partial charge >= 0.3 is 6.36 Å². The van der Waals surface area contributed by atoms with Crippen LogP contribution in [0.3, 0.4) is 0 Å². The summed E-state index contributed by atoms with van der Waals surface area (Å²) in [6, 6.07) is 4.63. The van der Waals surface area contributed by atoms with Crippen molar-refractivity contribution in [1.82, 2.24) is 42.3 Å². The number of nitrogens with two attached hydrogens (primary N) is 2. The highest BCUT2D eigenvalue weighted by molar-refractivity contribution is 6.32. The Balaban J connectivity index is 1.03. The van der Waals surface area contributed by atoms with E-state index in [9.17, 15) is 83.8 Å². The summed E-state index contributed by atoms with van der Waals surface area (Å²) in [6.07, 6.45) is -30.1. The summed E-state index contributed by atoms with van der Waals surface area (Å²) < 4.78 is 87.0. The highest BCUT2D eigenvalue weighted by Crippen LogP contribution is 2.51. The number of aliphatic hydroxyl groups is 7. The summed E-state index contributed by atoms with van der Waals surface area (Å²) in [5.74, 6) is -17.4. The largest absolute Gasteiger partial charge is 0.573 e. The van der Waals surface area contributed by atoms with E-state index in [1.54, 1.807) is 0 Å². The molecule has 37 nitrogen and oxygen atoms in total. The van der Waals surface area contributed by atoms with Gasteiger partial charge in [0, 0.05) is 48.2 Å². The van der Waals surface area contributed by atoms with Crippen molar-refractivity contribution < 1.29 is 146 Å². The molecule has 2 unspecified atom stereocenters. The van der Waals surface area contributed by atoms with Crippen LogP contribution in [0.4, 0.5) is 13.2 Å². The predicted octanol–water partition coefficient (Wildman–Crippen LogP) is 2.33. The Hall–Kier alpha value is -10.3. The Morgan fingerprint density at radius 1 is 0.715 bits per heavy atom. The second-order valence-corrected chi connectivity index (χ2v) is 32.4. The lowest BCUT2D eigenvalue weighted by Crippen LogP contribution is -2.63. The van der Waals surface area contributed by atoms with Gasteiger partial charge in [0.25, 0.3) is 5.91 Å². The van der Waals surface area contributed by atoms with E-state index in [-0.39, 0.29) is 59.4 Å². The first-order valence-corrected chi connectivity index (χ1v) is 39.6. The molecular formula is C81H93Cl2F3N10O27. The maximum Gasteiger partial charge on any atom is 0.573 e. The van der Waals surface area contributed by atoms with Gasteiger partial charge in [-0.2, -0.15) is 0 Å². The fraction of sp³-hybridized carbons (Fsp3) is 0.457. The third-order valence-corrected chi connectivity index (χ3v) is 22.6. The second kappa shape index (κ2) is 37.6. The fourth-order valence-corrected chi connectivity index (χ4v) is 16.1. The van der Waals surface area contributed by atoms with Gasteiger partial charge in [0.15, 0.2) is 23.6 Å². The SMILES string of the molecule is CN[C@H](CC(C)C)C(=O)N[C@H]1C(=O)N[C@@H](CCC(N)=O)C(=O)N[C@H]2C(=O)N[C@H]3C(=O)N[C@H](C(=O)N(O)[C@@H](C(C)=O)c4cc(O)cc(O)c4-c4cc3ccc4O)C([C@H]3C[C@](C)(N)[C@@H](O)[C@H](C)O3)c3ccc(c(Cl)c3)Oc3cc2cc(c3O[C@@H]2OC[C@@H](O[C@@H]3OC(CNCc4ccc(OC(F)(F)F)cc4)[C@H](O)[C@H](O)[C@H]3O)[C@H](O)[C@H]2O)Oc2ccc(cc2Cl)[C@H]1O. The first-order valence-electron chi connectivity index (χ1n) is 38.9. The molecular weight excluding hydrogens is 1670 g/mol. The number of phenolic OH excluding ortho intramolecular Hbond substituents is 3. The van der Waals surface area contributed by atoms with Crippen LogP contribution in [0, 0.1) is 5.92 Å². The number of benzene rings is 6. The van der Waals surface area contributed by atoms with Crippen LogP contribution in [0.5, 0.6) is 51.7 Å². The number of hydrogen-bond donors (Lipinski definition) is 20. The lowest BCUT2D eigenvalue weighted by atomic mass is 9.75. The number of carbonyl (C=O) groups excluding carboxylic acids is 8. The minimum absolute atomic E-state index is 0.0379. The molecule has 14 rings (SSSR count). The number of ketones is 1. The number of hydrogen-bond acceptors (Lipinski definition) is 30. The Bertz CT molecular complexity index is 4980. The smallest absolute Gasteiger partial charge is 0.508 e. The van der Waals surface area contributed by atoms with Gasteiger partial charge in [-0.15, -0.1) is 13.2 Å². The molecule has 0 aromatic heterocycles. The van der Waals surface area contributed by atoms with Crippen LogP contribution in [0.25, 0.3) is 11.1 Å². The lowest BCUT2D eigenvalue weighted by Gasteiger charge is -2.47. The first kappa shape index (κ1) is 91.8. The number of fused-ring (bicyclic) bond motifs is 15. The van der Waals surface area contributed by atoms with Crippen LogP contribution >= 0.6 is 23.2 Å². The van der Waals surface area contributed by atoms with E-state index >= 15 is 24.0 Å². The van der Waals surface area contributed by atoms with Crippen molar-refractivity contribution in [1.29, 1.82) is 0 Å². The quantitative estimate of drug-likeness (QED) is 0.0517. The van der Waals surface area contributed by atoms with E-state index in [0.717, 1.165) is 67.6 Å². The van der Waals surface area contributed by atoms with Crippen LogP contribution in [-0.4, -0.2) is 238 Å². The molecule has 8 aliphatic rings. The van der Waals surface area contributed by atoms with Crippen LogP contribution in [0.2, 0.25) is 10.0 Å². The van der Waals surface area contributed by atoms with E-state index in [4.69, 9.17) is 67.8 Å². The molecule has 0 spiro atoms. The van der Waals surface area contributed by atoms with Gasteiger partial charge in [-0.25, -0.2) is 5.06 Å². The number of nitrogens with one attached hydrogen (secondary N) is 7. The zero-order valence-electron chi connectivity index (χ0n) is 66.4. The number of ether oxygens (including phenoxy) is 8. The summed E-state index contributed by atoms with van der Waals surface area (Å²) >= 11 is 14.5. The topological polar surface area (TPSA) is 572 Å². The maximum absolute atomic E-state index is 16.5. The highest BCUT2D eigenvalue weighted by Gasteiger charge is 2.53. The number of phenols is 3. The molecule has 8 aliphatic heterocycles. The van der Waals surface area contributed by atoms with E-state index < -0.39 is 285 Å². The molecule has 6 aromatic rings. The summed E-state index contributed by atoms with van der Waals surface area (Å²) in [4.78, 5) is 121. The van der Waals surface area contributed by atoms with E-state index in [2.05, 4.69) is 42.0 Å². The average Bonchev–Trinajstić information content (AvgIpc) is 0.750. The van der Waals surface area contributed by atoms with Gasteiger partial charge < -0.3 is 138 Å². The molecule has 0 saturated carbocycles.